The van der Waals surface area contributed by atoms with Crippen LogP contribution in [0.3, 0.4) is 0 Å². The van der Waals surface area contributed by atoms with E-state index in [1.54, 1.807) is 0 Å². The van der Waals surface area contributed by atoms with E-state index in [2.05, 4.69) is 5.32 Å². The molecule has 0 unspecified atom stereocenters. The zero-order chi connectivity index (χ0) is 15.7. The Morgan fingerprint density at radius 1 is 1.33 bits per heavy atom. The molecule has 1 heterocycles. The summed E-state index contributed by atoms with van der Waals surface area (Å²) in [7, 11) is 2.91. The highest BCUT2D eigenvalue weighted by atomic mass is 35.5. The first-order chi connectivity index (χ1) is 9.81. The van der Waals surface area contributed by atoms with Crippen LogP contribution in [-0.2, 0) is 14.1 Å². The summed E-state index contributed by atoms with van der Waals surface area (Å²) >= 11 is 11.6. The summed E-state index contributed by atoms with van der Waals surface area (Å²) in [5.74, 6) is -1.47. The maximum absolute atomic E-state index is 12.1. The van der Waals surface area contributed by atoms with E-state index in [0.29, 0.717) is 10.7 Å². The highest BCUT2D eigenvalue weighted by molar-refractivity contribution is 6.42. The molecule has 0 fully saturated rings. The van der Waals surface area contributed by atoms with Crippen LogP contribution < -0.4 is 20.5 Å². The van der Waals surface area contributed by atoms with Gasteiger partial charge in [0, 0.05) is 5.69 Å². The van der Waals surface area contributed by atoms with Crippen LogP contribution in [0.5, 0.6) is 5.88 Å². The van der Waals surface area contributed by atoms with Gasteiger partial charge in [0.25, 0.3) is 5.91 Å². The number of aromatic nitrogens is 2. The van der Waals surface area contributed by atoms with E-state index in [1.165, 1.54) is 38.6 Å². The number of hydrogen-bond donors (Lipinski definition) is 1. The van der Waals surface area contributed by atoms with Gasteiger partial charge in [0.2, 0.25) is 6.33 Å². The number of nitrogens with zero attached hydrogens (tertiary/aromatic N) is 2. The third-order valence-corrected chi connectivity index (χ3v) is 3.56. The molecule has 8 heteroatoms. The largest absolute Gasteiger partial charge is 0.842 e. The second kappa shape index (κ2) is 5.75. The quantitative estimate of drug-likeness (QED) is 0.830. The molecule has 0 aliphatic rings. The molecule has 2 aromatic rings. The molecule has 0 radical (unpaired) electrons. The summed E-state index contributed by atoms with van der Waals surface area (Å²) in [6.45, 7) is 0. The summed E-state index contributed by atoms with van der Waals surface area (Å²) in [4.78, 5) is 24.1. The van der Waals surface area contributed by atoms with Crippen molar-refractivity contribution >= 4 is 34.8 Å². The molecule has 1 aromatic heterocycles. The molecule has 1 amide bonds. The SMILES string of the molecule is Cn1c[n+](C)c([O-])c(C(=O)Nc2ccc(Cl)c(Cl)c2)c1=O. The van der Waals surface area contributed by atoms with Gasteiger partial charge < -0.3 is 10.4 Å². The zero-order valence-corrected chi connectivity index (χ0v) is 12.7. The molecule has 0 spiro atoms. The third-order valence-electron chi connectivity index (χ3n) is 2.82. The number of aryl methyl sites for hydroxylation is 2. The summed E-state index contributed by atoms with van der Waals surface area (Å²) in [5, 5.41) is 15.0. The predicted molar refractivity (Wildman–Crippen MR) is 76.7 cm³/mol. The van der Waals surface area contributed by atoms with E-state index >= 15 is 0 Å². The summed E-state index contributed by atoms with van der Waals surface area (Å²) in [6, 6.07) is 4.45. The van der Waals surface area contributed by atoms with Crippen LogP contribution in [0.15, 0.2) is 29.3 Å². The maximum Gasteiger partial charge on any atom is 0.349 e. The minimum Gasteiger partial charge on any atom is -0.842 e. The lowest BCUT2D eigenvalue weighted by molar-refractivity contribution is -0.718. The molecule has 0 bridgehead atoms. The zero-order valence-electron chi connectivity index (χ0n) is 11.2. The molecule has 0 aliphatic carbocycles. The predicted octanol–water partition coefficient (Wildman–Crippen LogP) is 0.842. The number of rotatable bonds is 2. The van der Waals surface area contributed by atoms with Crippen molar-refractivity contribution in [3.05, 3.63) is 50.5 Å². The smallest absolute Gasteiger partial charge is 0.349 e. The van der Waals surface area contributed by atoms with Crippen LogP contribution >= 0.6 is 23.2 Å². The Labute approximate surface area is 130 Å². The Balaban J connectivity index is 2.41. The van der Waals surface area contributed by atoms with Crippen molar-refractivity contribution in [2.24, 2.45) is 14.1 Å². The number of carbonyl (C=O) groups excluding carboxylic acids is 1. The van der Waals surface area contributed by atoms with E-state index in [1.807, 2.05) is 0 Å². The molecule has 110 valence electrons. The standard InChI is InChI=1S/C13H11Cl2N3O3/c1-17-6-18(2)13(21)10(12(17)20)11(19)16-7-3-4-8(14)9(15)5-7/h3-6H,1-2H3,(H-,16,19,20,21). The Morgan fingerprint density at radius 3 is 2.62 bits per heavy atom. The van der Waals surface area contributed by atoms with Gasteiger partial charge in [-0.25, -0.2) is 13.9 Å². The van der Waals surface area contributed by atoms with Gasteiger partial charge in [-0.05, 0) is 18.2 Å². The van der Waals surface area contributed by atoms with Crippen molar-refractivity contribution < 1.29 is 14.5 Å². The van der Waals surface area contributed by atoms with Crippen LogP contribution in [0.4, 0.5) is 5.69 Å². The second-order valence-electron chi connectivity index (χ2n) is 4.41. The molecule has 0 saturated carbocycles. The Kier molecular flexibility index (Phi) is 4.20. The van der Waals surface area contributed by atoms with Crippen LogP contribution in [-0.4, -0.2) is 10.5 Å². The topological polar surface area (TPSA) is 78.0 Å². The highest BCUT2D eigenvalue weighted by Crippen LogP contribution is 2.25. The average Bonchev–Trinajstić information content (AvgIpc) is 2.41. The fraction of sp³-hybridized carbons (Fsp3) is 0.154. The number of carbonyl (C=O) groups is 1. The van der Waals surface area contributed by atoms with Crippen molar-refractivity contribution in [1.82, 2.24) is 4.57 Å². The van der Waals surface area contributed by atoms with E-state index in [9.17, 15) is 14.7 Å². The lowest BCUT2D eigenvalue weighted by Crippen LogP contribution is -2.43. The Hall–Kier alpha value is -2.05. The van der Waals surface area contributed by atoms with Gasteiger partial charge in [-0.3, -0.25) is 4.79 Å². The maximum atomic E-state index is 12.1. The molecule has 0 atom stereocenters. The first kappa shape index (κ1) is 15.3. The molecule has 0 saturated heterocycles. The lowest BCUT2D eigenvalue weighted by atomic mass is 10.2. The lowest BCUT2D eigenvalue weighted by Gasteiger charge is -2.12. The second-order valence-corrected chi connectivity index (χ2v) is 5.22. The fourth-order valence-electron chi connectivity index (χ4n) is 1.77. The van der Waals surface area contributed by atoms with Crippen molar-refractivity contribution in [3.63, 3.8) is 0 Å². The van der Waals surface area contributed by atoms with E-state index in [0.717, 1.165) is 9.13 Å². The van der Waals surface area contributed by atoms with Crippen LogP contribution in [0.2, 0.25) is 10.0 Å². The van der Waals surface area contributed by atoms with E-state index in [4.69, 9.17) is 23.2 Å². The minimum absolute atomic E-state index is 0.253. The average molecular weight is 328 g/mol. The highest BCUT2D eigenvalue weighted by Gasteiger charge is 2.19. The van der Waals surface area contributed by atoms with Crippen molar-refractivity contribution in [3.8, 4) is 5.88 Å². The Bertz CT molecular complexity index is 787. The van der Waals surface area contributed by atoms with Gasteiger partial charge in [-0.2, -0.15) is 0 Å². The van der Waals surface area contributed by atoms with Gasteiger partial charge >= 0.3 is 5.56 Å². The number of amides is 1. The molecular weight excluding hydrogens is 317 g/mol. The molecule has 6 nitrogen and oxygen atoms in total. The van der Waals surface area contributed by atoms with Gasteiger partial charge in [0.1, 0.15) is 0 Å². The summed E-state index contributed by atoms with van der Waals surface area (Å²) < 4.78 is 2.32. The number of hydrogen-bond acceptors (Lipinski definition) is 3. The molecule has 0 aliphatic heterocycles. The summed E-state index contributed by atoms with van der Waals surface area (Å²) in [5.41, 5.74) is -0.799. The number of nitrogens with one attached hydrogen (secondary N) is 1. The van der Waals surface area contributed by atoms with Gasteiger partial charge in [0.05, 0.1) is 30.0 Å². The normalized spacial score (nSPS) is 10.5. The van der Waals surface area contributed by atoms with Crippen molar-refractivity contribution in [1.29, 1.82) is 0 Å². The third kappa shape index (κ3) is 3.01. The molecule has 21 heavy (non-hydrogen) atoms. The minimum atomic E-state index is -0.796. The Morgan fingerprint density at radius 2 is 2.00 bits per heavy atom. The molecular formula is C13H11Cl2N3O3. The first-order valence-corrected chi connectivity index (χ1v) is 6.59. The molecule has 2 rings (SSSR count). The van der Waals surface area contributed by atoms with Crippen LogP contribution in [0.1, 0.15) is 10.4 Å². The molecule has 1 aromatic carbocycles. The van der Waals surface area contributed by atoms with Crippen LogP contribution in [0, 0.1) is 0 Å². The van der Waals surface area contributed by atoms with Crippen molar-refractivity contribution in [2.45, 2.75) is 0 Å². The number of anilines is 1. The van der Waals surface area contributed by atoms with Gasteiger partial charge in [-0.1, -0.05) is 23.2 Å². The van der Waals surface area contributed by atoms with Gasteiger partial charge in [0.15, 0.2) is 5.56 Å². The van der Waals surface area contributed by atoms with Crippen molar-refractivity contribution in [2.75, 3.05) is 5.32 Å². The first-order valence-electron chi connectivity index (χ1n) is 5.84. The molecule has 1 N–H and O–H groups in total. The van der Waals surface area contributed by atoms with E-state index < -0.39 is 22.9 Å². The van der Waals surface area contributed by atoms with Crippen LogP contribution in [0.25, 0.3) is 0 Å². The summed E-state index contributed by atoms with van der Waals surface area (Å²) in [6.07, 6.45) is 1.31. The fourth-order valence-corrected chi connectivity index (χ4v) is 2.07. The monoisotopic (exact) mass is 327 g/mol. The number of halogens is 2. The van der Waals surface area contributed by atoms with E-state index in [-0.39, 0.29) is 5.02 Å². The number of benzene rings is 1. The van der Waals surface area contributed by atoms with Gasteiger partial charge in [-0.15, -0.1) is 0 Å².